The van der Waals surface area contributed by atoms with Gasteiger partial charge in [0.25, 0.3) is 0 Å². The number of nitrogen functional groups attached to an aromatic ring is 3. The molecular formula is C11H10Cl2N4O. The summed E-state index contributed by atoms with van der Waals surface area (Å²) in [7, 11) is 0. The first-order chi connectivity index (χ1) is 8.50. The van der Waals surface area contributed by atoms with Gasteiger partial charge in [0.05, 0.1) is 10.7 Å². The molecule has 0 aliphatic heterocycles. The molecule has 1 aromatic heterocycles. The van der Waals surface area contributed by atoms with Crippen LogP contribution in [0.1, 0.15) is 0 Å². The Morgan fingerprint density at radius 1 is 0.944 bits per heavy atom. The largest absolute Gasteiger partial charge is 0.453 e. The predicted octanol–water partition coefficient (Wildman–Crippen LogP) is 2.93. The molecule has 6 N–H and O–H groups in total. The van der Waals surface area contributed by atoms with Crippen LogP contribution >= 0.6 is 23.2 Å². The molecule has 0 fully saturated rings. The van der Waals surface area contributed by atoms with Crippen molar-refractivity contribution in [2.24, 2.45) is 0 Å². The number of anilines is 3. The first-order valence-electron chi connectivity index (χ1n) is 4.92. The molecule has 0 saturated carbocycles. The Morgan fingerprint density at radius 2 is 1.67 bits per heavy atom. The summed E-state index contributed by atoms with van der Waals surface area (Å²) in [5.74, 6) is 0.878. The number of aromatic nitrogens is 1. The fourth-order valence-electron chi connectivity index (χ4n) is 1.30. The summed E-state index contributed by atoms with van der Waals surface area (Å²) in [6.45, 7) is 0. The summed E-state index contributed by atoms with van der Waals surface area (Å²) in [4.78, 5) is 3.83. The molecule has 0 aliphatic rings. The van der Waals surface area contributed by atoms with Gasteiger partial charge in [0.1, 0.15) is 22.3 Å². The second kappa shape index (κ2) is 4.80. The number of nitrogens with two attached hydrogens (primary N) is 3. The number of hydrogen-bond donors (Lipinski definition) is 3. The van der Waals surface area contributed by atoms with E-state index in [4.69, 9.17) is 45.1 Å². The van der Waals surface area contributed by atoms with Gasteiger partial charge in [0.2, 0.25) is 0 Å². The van der Waals surface area contributed by atoms with Crippen molar-refractivity contribution in [1.82, 2.24) is 4.98 Å². The van der Waals surface area contributed by atoms with E-state index in [0.717, 1.165) is 0 Å². The van der Waals surface area contributed by atoms with Crippen LogP contribution in [-0.4, -0.2) is 4.98 Å². The molecule has 2 aromatic rings. The van der Waals surface area contributed by atoms with Gasteiger partial charge in [-0.2, -0.15) is 0 Å². The van der Waals surface area contributed by atoms with Crippen LogP contribution in [0.3, 0.4) is 0 Å². The van der Waals surface area contributed by atoms with E-state index in [1.165, 1.54) is 6.20 Å². The first kappa shape index (κ1) is 12.6. The van der Waals surface area contributed by atoms with Crippen molar-refractivity contribution in [2.45, 2.75) is 0 Å². The first-order valence-corrected chi connectivity index (χ1v) is 5.67. The summed E-state index contributed by atoms with van der Waals surface area (Å²) < 4.78 is 5.54. The molecule has 94 valence electrons. The van der Waals surface area contributed by atoms with Gasteiger partial charge < -0.3 is 21.9 Å². The molecule has 0 radical (unpaired) electrons. The molecule has 2 rings (SSSR count). The highest BCUT2D eigenvalue weighted by molar-refractivity contribution is 6.44. The lowest BCUT2D eigenvalue weighted by Gasteiger charge is -2.12. The van der Waals surface area contributed by atoms with Crippen LogP contribution in [0.2, 0.25) is 10.0 Å². The van der Waals surface area contributed by atoms with Gasteiger partial charge in [-0.25, -0.2) is 4.98 Å². The second-order valence-corrected chi connectivity index (χ2v) is 4.25. The SMILES string of the molecule is Nc1ccc(Oc2ccnc(N)c2N)c(Cl)c1Cl. The highest BCUT2D eigenvalue weighted by atomic mass is 35.5. The number of pyridine rings is 1. The zero-order valence-electron chi connectivity index (χ0n) is 9.15. The minimum atomic E-state index is 0.185. The second-order valence-electron chi connectivity index (χ2n) is 3.49. The molecule has 7 heteroatoms. The maximum Gasteiger partial charge on any atom is 0.155 e. The van der Waals surface area contributed by atoms with Crippen LogP contribution in [0.15, 0.2) is 24.4 Å². The topological polar surface area (TPSA) is 100 Å². The quantitative estimate of drug-likeness (QED) is 0.736. The molecule has 5 nitrogen and oxygen atoms in total. The Kier molecular flexibility index (Phi) is 3.36. The van der Waals surface area contributed by atoms with Crippen LogP contribution in [0, 0.1) is 0 Å². The molecule has 0 bridgehead atoms. The third kappa shape index (κ3) is 2.23. The van der Waals surface area contributed by atoms with E-state index in [1.54, 1.807) is 18.2 Å². The number of ether oxygens (including phenoxy) is 1. The maximum absolute atomic E-state index is 6.02. The van der Waals surface area contributed by atoms with Gasteiger partial charge in [-0.1, -0.05) is 23.2 Å². The molecular weight excluding hydrogens is 275 g/mol. The third-order valence-corrected chi connectivity index (χ3v) is 3.16. The van der Waals surface area contributed by atoms with E-state index < -0.39 is 0 Å². The number of hydrogen-bond acceptors (Lipinski definition) is 5. The van der Waals surface area contributed by atoms with Crippen molar-refractivity contribution in [2.75, 3.05) is 17.2 Å². The Hall–Kier alpha value is -1.85. The summed E-state index contributed by atoms with van der Waals surface area (Å²) in [5, 5.41) is 0.446. The van der Waals surface area contributed by atoms with Gasteiger partial charge in [0.15, 0.2) is 5.75 Å². The van der Waals surface area contributed by atoms with E-state index in [9.17, 15) is 0 Å². The Bertz CT molecular complexity index is 604. The van der Waals surface area contributed by atoms with Gasteiger partial charge in [-0.15, -0.1) is 0 Å². The number of benzene rings is 1. The normalized spacial score (nSPS) is 10.3. The van der Waals surface area contributed by atoms with Crippen molar-refractivity contribution >= 4 is 40.4 Å². The van der Waals surface area contributed by atoms with Gasteiger partial charge in [0, 0.05) is 12.3 Å². The van der Waals surface area contributed by atoms with E-state index >= 15 is 0 Å². The highest BCUT2D eigenvalue weighted by Crippen LogP contribution is 2.39. The van der Waals surface area contributed by atoms with Gasteiger partial charge in [-0.3, -0.25) is 0 Å². The van der Waals surface area contributed by atoms with Crippen LogP contribution in [0.25, 0.3) is 0 Å². The highest BCUT2D eigenvalue weighted by Gasteiger charge is 2.12. The lowest BCUT2D eigenvalue weighted by molar-refractivity contribution is 0.485. The Labute approximate surface area is 113 Å². The summed E-state index contributed by atoms with van der Waals surface area (Å²) in [6, 6.07) is 4.76. The van der Waals surface area contributed by atoms with Crippen molar-refractivity contribution in [1.29, 1.82) is 0 Å². The average molecular weight is 285 g/mol. The maximum atomic E-state index is 6.02. The van der Waals surface area contributed by atoms with Crippen LogP contribution in [-0.2, 0) is 0 Å². The third-order valence-electron chi connectivity index (χ3n) is 2.28. The predicted molar refractivity (Wildman–Crippen MR) is 74.0 cm³/mol. The summed E-state index contributed by atoms with van der Waals surface area (Å²) in [5.41, 5.74) is 17.5. The molecule has 1 heterocycles. The van der Waals surface area contributed by atoms with Crippen LogP contribution in [0.4, 0.5) is 17.2 Å². The minimum Gasteiger partial charge on any atom is -0.453 e. The molecule has 0 aliphatic carbocycles. The molecule has 0 amide bonds. The van der Waals surface area contributed by atoms with Crippen molar-refractivity contribution < 1.29 is 4.74 Å². The van der Waals surface area contributed by atoms with Crippen molar-refractivity contribution in [3.63, 3.8) is 0 Å². The van der Waals surface area contributed by atoms with Crippen molar-refractivity contribution in [3.8, 4) is 11.5 Å². The standard InChI is InChI=1S/C11H10Cl2N4O/c12-8-5(14)1-2-6(9(8)13)18-7-3-4-17-11(16)10(7)15/h1-4H,14-15H2,(H2,16,17). The van der Waals surface area contributed by atoms with Gasteiger partial charge in [-0.05, 0) is 12.1 Å². The van der Waals surface area contributed by atoms with Gasteiger partial charge >= 0.3 is 0 Å². The summed E-state index contributed by atoms with van der Waals surface area (Å²) in [6.07, 6.45) is 1.48. The molecule has 0 saturated heterocycles. The van der Waals surface area contributed by atoms with Crippen LogP contribution < -0.4 is 21.9 Å². The van der Waals surface area contributed by atoms with E-state index in [0.29, 0.717) is 17.2 Å². The van der Waals surface area contributed by atoms with E-state index in [1.807, 2.05) is 0 Å². The number of rotatable bonds is 2. The summed E-state index contributed by atoms with van der Waals surface area (Å²) >= 11 is 11.9. The average Bonchev–Trinajstić information content (AvgIpc) is 2.35. The number of nitrogens with zero attached hydrogens (tertiary/aromatic N) is 1. The zero-order chi connectivity index (χ0) is 13.3. The Morgan fingerprint density at radius 3 is 2.39 bits per heavy atom. The van der Waals surface area contributed by atoms with Crippen LogP contribution in [0.5, 0.6) is 11.5 Å². The van der Waals surface area contributed by atoms with Crippen molar-refractivity contribution in [3.05, 3.63) is 34.4 Å². The van der Waals surface area contributed by atoms with E-state index in [2.05, 4.69) is 4.98 Å². The lowest BCUT2D eigenvalue weighted by Crippen LogP contribution is -2.00. The molecule has 0 unspecified atom stereocenters. The zero-order valence-corrected chi connectivity index (χ0v) is 10.7. The Balaban J connectivity index is 2.41. The minimum absolute atomic E-state index is 0.185. The molecule has 0 atom stereocenters. The molecule has 1 aromatic carbocycles. The number of halogens is 2. The monoisotopic (exact) mass is 284 g/mol. The lowest BCUT2D eigenvalue weighted by atomic mass is 10.3. The fraction of sp³-hybridized carbons (Fsp3) is 0. The molecule has 0 spiro atoms. The fourth-order valence-corrected chi connectivity index (χ4v) is 1.67. The van der Waals surface area contributed by atoms with E-state index in [-0.39, 0.29) is 21.6 Å². The smallest absolute Gasteiger partial charge is 0.155 e. The molecule has 18 heavy (non-hydrogen) atoms.